The molecule has 0 aliphatic carbocycles. The summed E-state index contributed by atoms with van der Waals surface area (Å²) >= 11 is 3.18. The van der Waals surface area contributed by atoms with E-state index in [0.29, 0.717) is 10.0 Å². The normalized spacial score (nSPS) is 10.4. The fraction of sp³-hybridized carbons (Fsp3) is 0.100. The topological polar surface area (TPSA) is 69.4 Å². The quantitative estimate of drug-likeness (QED) is 0.370. The molecule has 1 aromatic carbocycles. The van der Waals surface area contributed by atoms with E-state index in [2.05, 4.69) is 20.7 Å². The second-order valence-corrected chi connectivity index (χ2v) is 3.64. The average Bonchev–Trinajstić information content (AvgIpc) is 2.26. The second kappa shape index (κ2) is 5.41. The van der Waals surface area contributed by atoms with Crippen molar-refractivity contribution in [3.8, 4) is 0 Å². The second-order valence-electron chi connectivity index (χ2n) is 2.79. The fourth-order valence-corrected chi connectivity index (χ4v) is 1.56. The molecule has 0 N–H and O–H groups in total. The number of nitro benzene ring substituents is 1. The van der Waals surface area contributed by atoms with Crippen LogP contribution in [0.2, 0.25) is 0 Å². The lowest BCUT2D eigenvalue weighted by Crippen LogP contribution is -1.95. The minimum absolute atomic E-state index is 0.0745. The predicted octanol–water partition coefficient (Wildman–Crippen LogP) is 2.54. The lowest BCUT2D eigenvalue weighted by molar-refractivity contribution is -0.385. The van der Waals surface area contributed by atoms with Crippen molar-refractivity contribution in [1.29, 1.82) is 0 Å². The first-order chi connectivity index (χ1) is 7.56. The fourth-order valence-electron chi connectivity index (χ4n) is 1.07. The maximum absolute atomic E-state index is 10.9. The molecule has 16 heavy (non-hydrogen) atoms. The van der Waals surface area contributed by atoms with Crippen LogP contribution in [0.25, 0.3) is 6.08 Å². The molecule has 0 amide bonds. The number of esters is 1. The molecule has 0 aliphatic rings. The predicted molar refractivity (Wildman–Crippen MR) is 61.8 cm³/mol. The Hall–Kier alpha value is -1.69. The first-order valence-electron chi connectivity index (χ1n) is 4.25. The van der Waals surface area contributed by atoms with Crippen molar-refractivity contribution in [1.82, 2.24) is 0 Å². The Morgan fingerprint density at radius 3 is 2.81 bits per heavy atom. The maximum atomic E-state index is 10.9. The van der Waals surface area contributed by atoms with E-state index in [9.17, 15) is 14.9 Å². The van der Waals surface area contributed by atoms with E-state index in [0.717, 1.165) is 6.08 Å². The molecule has 0 unspecified atom stereocenters. The van der Waals surface area contributed by atoms with E-state index in [4.69, 9.17) is 0 Å². The molecular weight excluding hydrogens is 278 g/mol. The lowest BCUT2D eigenvalue weighted by Gasteiger charge is -1.99. The zero-order valence-electron chi connectivity index (χ0n) is 8.34. The Morgan fingerprint density at radius 1 is 1.56 bits per heavy atom. The third kappa shape index (κ3) is 2.90. The summed E-state index contributed by atoms with van der Waals surface area (Å²) in [5.74, 6) is -0.565. The van der Waals surface area contributed by atoms with Crippen LogP contribution in [-0.2, 0) is 9.53 Å². The van der Waals surface area contributed by atoms with Gasteiger partial charge in [0.2, 0.25) is 0 Å². The SMILES string of the molecule is COC(=O)C=Cc1c(Br)cccc1[N+](=O)[O-]. The van der Waals surface area contributed by atoms with Crippen LogP contribution in [0.1, 0.15) is 5.56 Å². The number of carbonyl (C=O) groups is 1. The maximum Gasteiger partial charge on any atom is 0.330 e. The van der Waals surface area contributed by atoms with Crippen LogP contribution in [-0.4, -0.2) is 18.0 Å². The van der Waals surface area contributed by atoms with Gasteiger partial charge in [-0.25, -0.2) is 4.79 Å². The molecule has 0 aliphatic heterocycles. The van der Waals surface area contributed by atoms with Crippen molar-refractivity contribution in [2.24, 2.45) is 0 Å². The van der Waals surface area contributed by atoms with Crippen LogP contribution in [0.5, 0.6) is 0 Å². The van der Waals surface area contributed by atoms with Crippen molar-refractivity contribution < 1.29 is 14.5 Å². The molecule has 0 fully saturated rings. The molecule has 6 heteroatoms. The Morgan fingerprint density at radius 2 is 2.25 bits per heavy atom. The highest BCUT2D eigenvalue weighted by Gasteiger charge is 2.13. The van der Waals surface area contributed by atoms with Gasteiger partial charge in [0.25, 0.3) is 5.69 Å². The molecular formula is C10H8BrNO4. The van der Waals surface area contributed by atoms with E-state index in [1.165, 1.54) is 19.3 Å². The van der Waals surface area contributed by atoms with E-state index < -0.39 is 10.9 Å². The standard InChI is InChI=1S/C10H8BrNO4/c1-16-10(13)6-5-7-8(11)3-2-4-9(7)12(14)15/h2-6H,1H3. The van der Waals surface area contributed by atoms with Crippen LogP contribution >= 0.6 is 15.9 Å². The molecule has 1 rings (SSSR count). The van der Waals surface area contributed by atoms with Gasteiger partial charge in [-0.2, -0.15) is 0 Å². The lowest BCUT2D eigenvalue weighted by atomic mass is 10.1. The Kier molecular flexibility index (Phi) is 4.19. The zero-order valence-corrected chi connectivity index (χ0v) is 9.93. The zero-order chi connectivity index (χ0) is 12.1. The minimum atomic E-state index is -0.565. The average molecular weight is 286 g/mol. The Bertz CT molecular complexity index is 456. The number of benzene rings is 1. The number of methoxy groups -OCH3 is 1. The van der Waals surface area contributed by atoms with Gasteiger partial charge in [-0.1, -0.05) is 6.07 Å². The number of hydrogen-bond donors (Lipinski definition) is 0. The van der Waals surface area contributed by atoms with Gasteiger partial charge in [0, 0.05) is 16.6 Å². The smallest absolute Gasteiger partial charge is 0.330 e. The number of hydrogen-bond acceptors (Lipinski definition) is 4. The van der Waals surface area contributed by atoms with E-state index >= 15 is 0 Å². The van der Waals surface area contributed by atoms with Gasteiger partial charge < -0.3 is 4.74 Å². The monoisotopic (exact) mass is 285 g/mol. The number of ether oxygens (including phenoxy) is 1. The first-order valence-corrected chi connectivity index (χ1v) is 5.04. The summed E-state index contributed by atoms with van der Waals surface area (Å²) < 4.78 is 4.94. The third-order valence-corrected chi connectivity index (χ3v) is 2.51. The summed E-state index contributed by atoms with van der Waals surface area (Å²) in [5.41, 5.74) is 0.257. The van der Waals surface area contributed by atoms with Crippen LogP contribution in [0.3, 0.4) is 0 Å². The van der Waals surface area contributed by atoms with Crippen molar-refractivity contribution in [3.05, 3.63) is 44.4 Å². The highest BCUT2D eigenvalue weighted by molar-refractivity contribution is 9.10. The number of nitro groups is 1. The van der Waals surface area contributed by atoms with Gasteiger partial charge in [0.1, 0.15) is 0 Å². The molecule has 0 saturated heterocycles. The van der Waals surface area contributed by atoms with Crippen LogP contribution in [0, 0.1) is 10.1 Å². The van der Waals surface area contributed by atoms with Crippen molar-refractivity contribution >= 4 is 33.7 Å². The van der Waals surface area contributed by atoms with Crippen molar-refractivity contribution in [3.63, 3.8) is 0 Å². The summed E-state index contributed by atoms with van der Waals surface area (Å²) in [4.78, 5) is 21.1. The molecule has 0 bridgehead atoms. The van der Waals surface area contributed by atoms with Gasteiger partial charge in [-0.15, -0.1) is 0 Å². The first kappa shape index (κ1) is 12.4. The van der Waals surface area contributed by atoms with Crippen LogP contribution in [0.15, 0.2) is 28.7 Å². The van der Waals surface area contributed by atoms with E-state index in [1.807, 2.05) is 0 Å². The molecule has 0 aromatic heterocycles. The molecule has 84 valence electrons. The van der Waals surface area contributed by atoms with Gasteiger partial charge >= 0.3 is 5.97 Å². The summed E-state index contributed by atoms with van der Waals surface area (Å²) in [6.07, 6.45) is 2.47. The third-order valence-electron chi connectivity index (χ3n) is 1.81. The number of halogens is 1. The number of carbonyl (C=O) groups excluding carboxylic acids is 1. The summed E-state index contributed by atoms with van der Waals surface area (Å²) in [6, 6.07) is 4.57. The molecule has 0 radical (unpaired) electrons. The molecule has 0 saturated carbocycles. The van der Waals surface area contributed by atoms with Crippen LogP contribution < -0.4 is 0 Å². The van der Waals surface area contributed by atoms with Crippen molar-refractivity contribution in [2.75, 3.05) is 7.11 Å². The summed E-state index contributed by atoms with van der Waals surface area (Å²) in [7, 11) is 1.24. The van der Waals surface area contributed by atoms with E-state index in [-0.39, 0.29) is 5.69 Å². The van der Waals surface area contributed by atoms with Gasteiger partial charge in [-0.3, -0.25) is 10.1 Å². The summed E-state index contributed by atoms with van der Waals surface area (Å²) in [5, 5.41) is 10.7. The van der Waals surface area contributed by atoms with Crippen molar-refractivity contribution in [2.45, 2.75) is 0 Å². The largest absolute Gasteiger partial charge is 0.466 e. The number of rotatable bonds is 3. The Labute approximate surface area is 100.0 Å². The Balaban J connectivity index is 3.16. The van der Waals surface area contributed by atoms with Gasteiger partial charge in [0.15, 0.2) is 0 Å². The summed E-state index contributed by atoms with van der Waals surface area (Å²) in [6.45, 7) is 0. The molecule has 0 spiro atoms. The van der Waals surface area contributed by atoms with Gasteiger partial charge in [0.05, 0.1) is 17.6 Å². The highest BCUT2D eigenvalue weighted by Crippen LogP contribution is 2.27. The number of nitrogens with zero attached hydrogens (tertiary/aromatic N) is 1. The van der Waals surface area contributed by atoms with E-state index in [1.54, 1.807) is 12.1 Å². The van der Waals surface area contributed by atoms with Crippen LogP contribution in [0.4, 0.5) is 5.69 Å². The highest BCUT2D eigenvalue weighted by atomic mass is 79.9. The molecule has 5 nitrogen and oxygen atoms in total. The molecule has 0 atom stereocenters. The minimum Gasteiger partial charge on any atom is -0.466 e. The molecule has 1 aromatic rings. The van der Waals surface area contributed by atoms with Gasteiger partial charge in [-0.05, 0) is 28.1 Å². The molecule has 0 heterocycles.